The van der Waals surface area contributed by atoms with Gasteiger partial charge in [-0.25, -0.2) is 0 Å². The minimum Gasteiger partial charge on any atom is -0.390 e. The quantitative estimate of drug-likeness (QED) is 0.479. The Morgan fingerprint density at radius 3 is 2.87 bits per heavy atom. The molecule has 30 heavy (non-hydrogen) atoms. The number of aliphatic hydroxyl groups is 1. The monoisotopic (exact) mass is 405 g/mol. The van der Waals surface area contributed by atoms with E-state index in [4.69, 9.17) is 0 Å². The highest BCUT2D eigenvalue weighted by molar-refractivity contribution is 6.13. The van der Waals surface area contributed by atoms with Gasteiger partial charge in [0.25, 0.3) is 5.91 Å². The van der Waals surface area contributed by atoms with Crippen LogP contribution in [0.5, 0.6) is 0 Å². The number of nitrogens with one attached hydrogen (secondary N) is 3. The number of hydrogen-bond acceptors (Lipinski definition) is 5. The van der Waals surface area contributed by atoms with Crippen LogP contribution in [0.1, 0.15) is 56.0 Å². The number of fused-ring (bicyclic) bond motifs is 3. The second-order valence-corrected chi connectivity index (χ2v) is 8.86. The Kier molecular flexibility index (Phi) is 5.12. The van der Waals surface area contributed by atoms with Gasteiger partial charge in [0.1, 0.15) is 0 Å². The van der Waals surface area contributed by atoms with Crippen LogP contribution in [0.2, 0.25) is 0 Å². The molecule has 0 spiro atoms. The van der Waals surface area contributed by atoms with Gasteiger partial charge in [-0.15, -0.1) is 0 Å². The van der Waals surface area contributed by atoms with Crippen LogP contribution >= 0.6 is 0 Å². The molecule has 2 aromatic heterocycles. The fourth-order valence-corrected chi connectivity index (χ4v) is 3.74. The van der Waals surface area contributed by atoms with Gasteiger partial charge in [-0.1, -0.05) is 0 Å². The predicted octanol–water partition coefficient (Wildman–Crippen LogP) is 3.69. The molecule has 1 atom stereocenters. The first-order valence-corrected chi connectivity index (χ1v) is 10.4. The average Bonchev–Trinajstić information content (AvgIpc) is 3.47. The molecule has 156 valence electrons. The summed E-state index contributed by atoms with van der Waals surface area (Å²) in [6, 6.07) is 7.85. The van der Waals surface area contributed by atoms with Crippen molar-refractivity contribution in [3.63, 3.8) is 0 Å². The Balaban J connectivity index is 1.75. The van der Waals surface area contributed by atoms with Gasteiger partial charge in [0.15, 0.2) is 0 Å². The Bertz CT molecular complexity index is 1150. The van der Waals surface area contributed by atoms with Crippen LogP contribution in [-0.4, -0.2) is 39.2 Å². The molecule has 1 fully saturated rings. The molecule has 1 saturated carbocycles. The summed E-state index contributed by atoms with van der Waals surface area (Å²) in [6.07, 6.45) is 4.44. The fraction of sp³-hybridized carbons (Fsp3) is 0.435. The molecule has 1 aliphatic rings. The molecule has 0 saturated heterocycles. The highest BCUT2D eigenvalue weighted by atomic mass is 16.3. The second-order valence-electron chi connectivity index (χ2n) is 8.86. The van der Waals surface area contributed by atoms with Crippen molar-refractivity contribution in [1.29, 1.82) is 5.26 Å². The van der Waals surface area contributed by atoms with Crippen molar-refractivity contribution in [2.45, 2.75) is 51.7 Å². The molecule has 7 nitrogen and oxygen atoms in total. The van der Waals surface area contributed by atoms with E-state index < -0.39 is 5.60 Å². The van der Waals surface area contributed by atoms with E-state index in [1.165, 1.54) is 12.8 Å². The van der Waals surface area contributed by atoms with Crippen molar-refractivity contribution in [2.75, 3.05) is 11.9 Å². The molecule has 3 aromatic rings. The van der Waals surface area contributed by atoms with Crippen LogP contribution in [0.3, 0.4) is 0 Å². The van der Waals surface area contributed by atoms with E-state index in [0.29, 0.717) is 30.0 Å². The first kappa shape index (κ1) is 20.2. The molecule has 1 amide bonds. The number of carbonyl (C=O) groups is 1. The Hall–Kier alpha value is -3.11. The van der Waals surface area contributed by atoms with Crippen LogP contribution in [0.15, 0.2) is 24.4 Å². The van der Waals surface area contributed by atoms with E-state index in [2.05, 4.69) is 33.6 Å². The molecular weight excluding hydrogens is 378 g/mol. The van der Waals surface area contributed by atoms with Gasteiger partial charge in [0, 0.05) is 29.7 Å². The molecule has 0 bridgehead atoms. The number of nitriles is 1. The zero-order valence-corrected chi connectivity index (χ0v) is 17.5. The van der Waals surface area contributed by atoms with Crippen molar-refractivity contribution in [3.05, 3.63) is 35.5 Å². The number of H-pyrrole nitrogens is 1. The van der Waals surface area contributed by atoms with E-state index in [9.17, 15) is 15.2 Å². The molecular formula is C23H27N5O2. The van der Waals surface area contributed by atoms with Gasteiger partial charge in [-0.2, -0.15) is 5.26 Å². The molecule has 2 heterocycles. The number of aromatic nitrogens is 2. The Labute approximate surface area is 175 Å². The summed E-state index contributed by atoms with van der Waals surface area (Å²) in [5.41, 5.74) is 3.29. The summed E-state index contributed by atoms with van der Waals surface area (Å²) >= 11 is 0. The summed E-state index contributed by atoms with van der Waals surface area (Å²) in [5.74, 6) is 0.379. The number of benzene rings is 1. The van der Waals surface area contributed by atoms with Gasteiger partial charge < -0.3 is 20.7 Å². The van der Waals surface area contributed by atoms with E-state index in [0.717, 1.165) is 27.6 Å². The molecule has 0 aliphatic heterocycles. The zero-order valence-electron chi connectivity index (χ0n) is 17.5. The maximum Gasteiger partial charge on any atom is 0.255 e. The molecule has 4 rings (SSSR count). The number of anilines is 1. The van der Waals surface area contributed by atoms with Gasteiger partial charge >= 0.3 is 0 Å². The fourth-order valence-electron chi connectivity index (χ4n) is 3.74. The first-order chi connectivity index (χ1) is 14.3. The van der Waals surface area contributed by atoms with Gasteiger partial charge in [0.05, 0.1) is 39.5 Å². The topological polar surface area (TPSA) is 114 Å². The van der Waals surface area contributed by atoms with E-state index >= 15 is 0 Å². The number of amides is 1. The SMILES string of the molecule is CC(Nc1c(C(=O)NCCC(C)(C)O)cnc2c1[nH]c1cc(C#N)ccc12)C1CC1. The lowest BCUT2D eigenvalue weighted by Crippen LogP contribution is -2.31. The molecule has 1 aromatic carbocycles. The molecule has 0 radical (unpaired) electrons. The maximum atomic E-state index is 12.9. The number of hydrogen-bond donors (Lipinski definition) is 4. The van der Waals surface area contributed by atoms with E-state index in [-0.39, 0.29) is 11.9 Å². The lowest BCUT2D eigenvalue weighted by atomic mass is 10.1. The molecule has 4 N–H and O–H groups in total. The largest absolute Gasteiger partial charge is 0.390 e. The number of rotatable bonds is 7. The van der Waals surface area contributed by atoms with Crippen LogP contribution in [0.25, 0.3) is 21.9 Å². The van der Waals surface area contributed by atoms with Gasteiger partial charge in [-0.3, -0.25) is 9.78 Å². The van der Waals surface area contributed by atoms with E-state index in [1.54, 1.807) is 32.2 Å². The van der Waals surface area contributed by atoms with Crippen LogP contribution in [-0.2, 0) is 0 Å². The van der Waals surface area contributed by atoms with Crippen molar-refractivity contribution < 1.29 is 9.90 Å². The van der Waals surface area contributed by atoms with Crippen LogP contribution in [0.4, 0.5) is 5.69 Å². The summed E-state index contributed by atoms with van der Waals surface area (Å²) < 4.78 is 0. The maximum absolute atomic E-state index is 12.9. The Morgan fingerprint density at radius 1 is 1.43 bits per heavy atom. The van der Waals surface area contributed by atoms with Crippen molar-refractivity contribution in [2.24, 2.45) is 5.92 Å². The van der Waals surface area contributed by atoms with Crippen molar-refractivity contribution in [1.82, 2.24) is 15.3 Å². The second kappa shape index (κ2) is 7.62. The average molecular weight is 406 g/mol. The summed E-state index contributed by atoms with van der Waals surface area (Å²) in [6.45, 7) is 5.95. The minimum absolute atomic E-state index is 0.226. The van der Waals surface area contributed by atoms with Crippen LogP contribution in [0, 0.1) is 17.2 Å². The standard InChI is InChI=1S/C23H27N5O2/c1-13(15-5-6-15)27-20-17(22(29)25-9-8-23(2,3)30)12-26-19-16-7-4-14(11-24)10-18(16)28-21(19)20/h4,7,10,12-13,15,28,30H,5-6,8-9H2,1-3H3,(H,25,29)(H,26,27). The van der Waals surface area contributed by atoms with Gasteiger partial charge in [-0.05, 0) is 64.2 Å². The minimum atomic E-state index is -0.841. The highest BCUT2D eigenvalue weighted by Crippen LogP contribution is 2.37. The van der Waals surface area contributed by atoms with Crippen molar-refractivity contribution >= 4 is 33.5 Å². The number of carbonyl (C=O) groups excluding carboxylic acids is 1. The predicted molar refractivity (Wildman–Crippen MR) is 117 cm³/mol. The summed E-state index contributed by atoms with van der Waals surface area (Å²) in [5, 5.41) is 26.5. The molecule has 7 heteroatoms. The molecule has 1 aliphatic carbocycles. The lowest BCUT2D eigenvalue weighted by molar-refractivity contribution is 0.0693. The smallest absolute Gasteiger partial charge is 0.255 e. The number of aromatic amines is 1. The highest BCUT2D eigenvalue weighted by Gasteiger charge is 2.30. The number of pyridine rings is 1. The van der Waals surface area contributed by atoms with Crippen molar-refractivity contribution in [3.8, 4) is 6.07 Å². The summed E-state index contributed by atoms with van der Waals surface area (Å²) in [4.78, 5) is 20.9. The normalized spacial score (nSPS) is 15.2. The summed E-state index contributed by atoms with van der Waals surface area (Å²) in [7, 11) is 0. The third kappa shape index (κ3) is 4.10. The molecule has 1 unspecified atom stereocenters. The first-order valence-electron chi connectivity index (χ1n) is 10.4. The third-order valence-corrected chi connectivity index (χ3v) is 5.71. The number of nitrogens with zero attached hydrogens (tertiary/aromatic N) is 2. The van der Waals surface area contributed by atoms with E-state index in [1.807, 2.05) is 6.07 Å². The Morgan fingerprint density at radius 2 is 2.20 bits per heavy atom. The lowest BCUT2D eigenvalue weighted by Gasteiger charge is -2.19. The van der Waals surface area contributed by atoms with Gasteiger partial charge in [0.2, 0.25) is 0 Å². The zero-order chi connectivity index (χ0) is 21.5. The van der Waals surface area contributed by atoms with Crippen LogP contribution < -0.4 is 10.6 Å². The third-order valence-electron chi connectivity index (χ3n) is 5.71.